The minimum Gasteiger partial charge on any atom is -0.465 e. The van der Waals surface area contributed by atoms with Crippen molar-refractivity contribution in [3.8, 4) is 0 Å². The molecule has 0 aromatic carbocycles. The summed E-state index contributed by atoms with van der Waals surface area (Å²) < 4.78 is 1.80. The fourth-order valence-corrected chi connectivity index (χ4v) is 5.20. The van der Waals surface area contributed by atoms with Gasteiger partial charge in [-0.25, -0.2) is 4.79 Å². The predicted molar refractivity (Wildman–Crippen MR) is 109 cm³/mol. The molecule has 1 unspecified atom stereocenters. The molecule has 3 aliphatic rings. The van der Waals surface area contributed by atoms with Crippen molar-refractivity contribution < 1.29 is 14.7 Å². The molecular formula is C21H30N4O4. The maximum Gasteiger partial charge on any atom is 0.407 e. The number of carbonyl (C=O) groups is 2. The number of pyridine rings is 1. The van der Waals surface area contributed by atoms with Crippen molar-refractivity contribution in [3.63, 3.8) is 0 Å². The van der Waals surface area contributed by atoms with E-state index in [1.165, 1.54) is 0 Å². The van der Waals surface area contributed by atoms with Gasteiger partial charge >= 0.3 is 6.09 Å². The van der Waals surface area contributed by atoms with Gasteiger partial charge < -0.3 is 14.9 Å². The van der Waals surface area contributed by atoms with E-state index < -0.39 is 11.6 Å². The Morgan fingerprint density at radius 1 is 1.17 bits per heavy atom. The summed E-state index contributed by atoms with van der Waals surface area (Å²) in [6.07, 6.45) is 1.89. The van der Waals surface area contributed by atoms with E-state index in [-0.39, 0.29) is 23.6 Å². The second-order valence-electron chi connectivity index (χ2n) is 9.40. The van der Waals surface area contributed by atoms with Crippen LogP contribution in [0.25, 0.3) is 0 Å². The number of anilines is 1. The van der Waals surface area contributed by atoms with Gasteiger partial charge in [-0.1, -0.05) is 0 Å². The normalized spacial score (nSPS) is 22.7. The van der Waals surface area contributed by atoms with E-state index in [1.807, 2.05) is 26.8 Å². The molecule has 158 valence electrons. The Labute approximate surface area is 170 Å². The summed E-state index contributed by atoms with van der Waals surface area (Å²) in [6.45, 7) is 8.63. The van der Waals surface area contributed by atoms with E-state index in [2.05, 4.69) is 4.90 Å². The van der Waals surface area contributed by atoms with Crippen LogP contribution < -0.4 is 10.5 Å². The van der Waals surface area contributed by atoms with E-state index in [4.69, 9.17) is 0 Å². The highest BCUT2D eigenvalue weighted by Gasteiger charge is 2.39. The second-order valence-corrected chi connectivity index (χ2v) is 9.40. The summed E-state index contributed by atoms with van der Waals surface area (Å²) in [5, 5.41) is 9.65. The van der Waals surface area contributed by atoms with Gasteiger partial charge in [-0.2, -0.15) is 0 Å². The van der Waals surface area contributed by atoms with Crippen molar-refractivity contribution in [3.05, 3.63) is 28.0 Å². The number of hydrogen-bond donors (Lipinski definition) is 1. The summed E-state index contributed by atoms with van der Waals surface area (Å²) in [4.78, 5) is 42.4. The largest absolute Gasteiger partial charge is 0.465 e. The first-order chi connectivity index (χ1) is 13.7. The predicted octanol–water partition coefficient (Wildman–Crippen LogP) is 1.93. The van der Waals surface area contributed by atoms with Crippen molar-refractivity contribution in [2.24, 2.45) is 0 Å². The average molecular weight is 402 g/mol. The summed E-state index contributed by atoms with van der Waals surface area (Å²) in [7, 11) is 0. The standard InChI is InChI=1S/C21H30N4O4/c1-21(2,3)25(20(28)29)15-8-10-22(11-9-15)12-16-13-23-17(26)6-4-14-5-7-18(27)24(16)19(14)23/h5,7,15-16H,4,6,8-13H2,1-3H3,(H,28,29). The van der Waals surface area contributed by atoms with Gasteiger partial charge in [0.05, 0.1) is 6.04 Å². The molecule has 4 rings (SSSR count). The van der Waals surface area contributed by atoms with Crippen molar-refractivity contribution in [1.29, 1.82) is 0 Å². The molecule has 8 heteroatoms. The molecule has 0 spiro atoms. The maximum absolute atomic E-state index is 12.6. The van der Waals surface area contributed by atoms with Crippen LogP contribution in [0.2, 0.25) is 0 Å². The molecule has 0 bridgehead atoms. The van der Waals surface area contributed by atoms with E-state index in [0.717, 1.165) is 37.3 Å². The minimum absolute atomic E-state index is 0.00843. The fraction of sp³-hybridized carbons (Fsp3) is 0.667. The van der Waals surface area contributed by atoms with Gasteiger partial charge in [-0.05, 0) is 51.7 Å². The molecule has 29 heavy (non-hydrogen) atoms. The summed E-state index contributed by atoms with van der Waals surface area (Å²) in [5.41, 5.74) is 0.599. The minimum atomic E-state index is -0.868. The SMILES string of the molecule is CC(C)(C)N(C(=O)O)C1CCN(CC2CN3C(=O)CCc4ccc(=O)n2c43)CC1. The number of hydrogen-bond acceptors (Lipinski definition) is 4. The van der Waals surface area contributed by atoms with Gasteiger partial charge in [0.2, 0.25) is 5.91 Å². The topological polar surface area (TPSA) is 86.1 Å². The lowest BCUT2D eigenvalue weighted by Gasteiger charge is -2.43. The van der Waals surface area contributed by atoms with Gasteiger partial charge in [0.25, 0.3) is 5.56 Å². The zero-order chi connectivity index (χ0) is 20.9. The van der Waals surface area contributed by atoms with Gasteiger partial charge in [-0.3, -0.25) is 19.1 Å². The van der Waals surface area contributed by atoms with Crippen molar-refractivity contribution in [2.75, 3.05) is 31.1 Å². The highest BCUT2D eigenvalue weighted by molar-refractivity contribution is 5.96. The second kappa shape index (κ2) is 7.16. The highest BCUT2D eigenvalue weighted by atomic mass is 16.4. The van der Waals surface area contributed by atoms with E-state index in [1.54, 1.807) is 20.4 Å². The van der Waals surface area contributed by atoms with Gasteiger partial charge in [0.1, 0.15) is 5.82 Å². The van der Waals surface area contributed by atoms with Gasteiger partial charge in [0.15, 0.2) is 0 Å². The zero-order valence-corrected chi connectivity index (χ0v) is 17.4. The molecule has 1 saturated heterocycles. The molecule has 0 radical (unpaired) electrons. The number of piperidine rings is 1. The lowest BCUT2D eigenvalue weighted by atomic mass is 9.96. The number of rotatable bonds is 3. The molecule has 4 heterocycles. The van der Waals surface area contributed by atoms with E-state index >= 15 is 0 Å². The van der Waals surface area contributed by atoms with Crippen LogP contribution >= 0.6 is 0 Å². The molecule has 1 fully saturated rings. The molecule has 0 saturated carbocycles. The monoisotopic (exact) mass is 402 g/mol. The fourth-order valence-electron chi connectivity index (χ4n) is 5.20. The average Bonchev–Trinajstić information content (AvgIpc) is 3.02. The van der Waals surface area contributed by atoms with Crippen LogP contribution in [0.1, 0.15) is 51.6 Å². The van der Waals surface area contributed by atoms with Crippen molar-refractivity contribution >= 4 is 17.8 Å². The van der Waals surface area contributed by atoms with Crippen LogP contribution in [0.15, 0.2) is 16.9 Å². The number of carboxylic acid groups (broad SMARTS) is 1. The molecular weight excluding hydrogens is 372 g/mol. The zero-order valence-electron chi connectivity index (χ0n) is 17.4. The van der Waals surface area contributed by atoms with Crippen molar-refractivity contribution in [2.45, 2.75) is 64.1 Å². The van der Waals surface area contributed by atoms with Crippen LogP contribution in [0.3, 0.4) is 0 Å². The molecule has 2 amide bonds. The number of carbonyl (C=O) groups excluding carboxylic acids is 1. The molecule has 1 N–H and O–H groups in total. The summed E-state index contributed by atoms with van der Waals surface area (Å²) >= 11 is 0. The number of aryl methyl sites for hydroxylation is 1. The molecule has 3 aliphatic heterocycles. The Balaban J connectivity index is 1.47. The Morgan fingerprint density at radius 3 is 2.48 bits per heavy atom. The molecule has 1 atom stereocenters. The first kappa shape index (κ1) is 19.9. The van der Waals surface area contributed by atoms with E-state index in [0.29, 0.717) is 25.9 Å². The Bertz CT molecular complexity index is 880. The molecule has 8 nitrogen and oxygen atoms in total. The molecule has 1 aromatic rings. The number of nitrogens with zero attached hydrogens (tertiary/aromatic N) is 4. The van der Waals surface area contributed by atoms with Crippen molar-refractivity contribution in [1.82, 2.24) is 14.4 Å². The third-order valence-corrected chi connectivity index (χ3v) is 6.42. The third-order valence-electron chi connectivity index (χ3n) is 6.42. The first-order valence-corrected chi connectivity index (χ1v) is 10.5. The first-order valence-electron chi connectivity index (χ1n) is 10.5. The summed E-state index contributed by atoms with van der Waals surface area (Å²) in [5.74, 6) is 0.888. The van der Waals surface area contributed by atoms with E-state index in [9.17, 15) is 19.5 Å². The Hall–Kier alpha value is -2.35. The third kappa shape index (κ3) is 3.54. The Morgan fingerprint density at radius 2 is 1.86 bits per heavy atom. The lowest BCUT2D eigenvalue weighted by Crippen LogP contribution is -2.55. The van der Waals surface area contributed by atoms with Gasteiger partial charge in [-0.15, -0.1) is 0 Å². The summed E-state index contributed by atoms with van der Waals surface area (Å²) in [6, 6.07) is 3.43. The molecule has 1 aromatic heterocycles. The Kier molecular flexibility index (Phi) is 4.93. The smallest absolute Gasteiger partial charge is 0.407 e. The van der Waals surface area contributed by atoms with Crippen LogP contribution in [0.5, 0.6) is 0 Å². The maximum atomic E-state index is 12.6. The highest BCUT2D eigenvalue weighted by Crippen LogP contribution is 2.35. The van der Waals surface area contributed by atoms with Crippen LogP contribution in [0.4, 0.5) is 10.6 Å². The number of aromatic nitrogens is 1. The van der Waals surface area contributed by atoms with Gasteiger partial charge in [0, 0.05) is 50.2 Å². The molecule has 0 aliphatic carbocycles. The quantitative estimate of drug-likeness (QED) is 0.835. The van der Waals surface area contributed by atoms with Crippen LogP contribution in [-0.2, 0) is 11.2 Å². The lowest BCUT2D eigenvalue weighted by molar-refractivity contribution is -0.118. The number of amides is 2. The van der Waals surface area contributed by atoms with Crippen LogP contribution in [-0.4, -0.2) is 69.2 Å². The number of likely N-dealkylation sites (tertiary alicyclic amines) is 1. The van der Waals surface area contributed by atoms with Crippen LogP contribution in [0, 0.1) is 0 Å².